The zero-order valence-electron chi connectivity index (χ0n) is 17.5. The maximum Gasteiger partial charge on any atom is 0.231 e. The number of benzene rings is 2. The minimum atomic E-state index is -1.50. The van der Waals surface area contributed by atoms with E-state index in [0.717, 1.165) is 24.1 Å². The summed E-state index contributed by atoms with van der Waals surface area (Å²) >= 11 is 0. The van der Waals surface area contributed by atoms with Crippen molar-refractivity contribution in [2.45, 2.75) is 12.8 Å². The third kappa shape index (κ3) is 4.33. The number of carboxylic acids is 1. The van der Waals surface area contributed by atoms with E-state index in [4.69, 9.17) is 18.9 Å². The number of ketones is 1. The second-order valence-electron chi connectivity index (χ2n) is 7.29. The Morgan fingerprint density at radius 1 is 1.07 bits per heavy atom. The van der Waals surface area contributed by atoms with E-state index in [-0.39, 0.29) is 41.6 Å². The Kier molecular flexibility index (Phi) is 6.47. The van der Waals surface area contributed by atoms with Crippen LogP contribution in [0.4, 0.5) is 0 Å². The molecule has 2 aromatic carbocycles. The summed E-state index contributed by atoms with van der Waals surface area (Å²) in [5.41, 5.74) is 1.42. The Labute approximate surface area is 174 Å². The number of quaternary nitrogens is 1. The summed E-state index contributed by atoms with van der Waals surface area (Å²) in [6, 6.07) is 6.61. The second kappa shape index (κ2) is 9.04. The van der Waals surface area contributed by atoms with Crippen LogP contribution in [0.25, 0.3) is 0 Å². The van der Waals surface area contributed by atoms with Crippen LogP contribution in [-0.4, -0.2) is 53.4 Å². The summed E-state index contributed by atoms with van der Waals surface area (Å²) in [7, 11) is 6.81. The Morgan fingerprint density at radius 3 is 2.30 bits per heavy atom. The standard InChI is InChI=1S/C22H25NO7/c1-23(2)8-7-13-10-18-19(30-12-29-18)11-14(13)9-16(24)15-5-6-17(27-3)21(28-4)20(15)22(25)26/h5-6,10-11H,7-9,12H2,1-4H3,(H,25,26). The number of carbonyl (C=O) groups is 2. The molecule has 1 heterocycles. The number of methoxy groups -OCH3 is 2. The highest BCUT2D eigenvalue weighted by atomic mass is 16.7. The number of ether oxygens (including phenoxy) is 4. The summed E-state index contributed by atoms with van der Waals surface area (Å²) in [6.07, 6.45) is 0.741. The van der Waals surface area contributed by atoms with E-state index < -0.39 is 5.97 Å². The molecule has 1 N–H and O–H groups in total. The van der Waals surface area contributed by atoms with Gasteiger partial charge in [-0.2, -0.15) is 0 Å². The number of fused-ring (bicyclic) bond motifs is 1. The van der Waals surface area contributed by atoms with Crippen LogP contribution in [0.3, 0.4) is 0 Å². The lowest BCUT2D eigenvalue weighted by Crippen LogP contribution is -3.06. The van der Waals surface area contributed by atoms with Crippen molar-refractivity contribution < 1.29 is 38.5 Å². The SMILES string of the molecule is COc1ccc(C(=O)Cc2cc3c(cc2CC[NH+](C)C)OCO3)c(C(=O)[O-])c1OC. The van der Waals surface area contributed by atoms with Gasteiger partial charge in [0.05, 0.1) is 46.4 Å². The molecular formula is C22H25NO7. The van der Waals surface area contributed by atoms with Gasteiger partial charge in [0.15, 0.2) is 28.8 Å². The molecule has 0 saturated heterocycles. The fraction of sp³-hybridized carbons (Fsp3) is 0.364. The van der Waals surface area contributed by atoms with Crippen LogP contribution in [0.2, 0.25) is 0 Å². The van der Waals surface area contributed by atoms with Gasteiger partial charge in [-0.25, -0.2) is 0 Å². The number of likely N-dealkylation sites (N-methyl/N-ethyl adjacent to an activating group) is 1. The molecule has 0 saturated carbocycles. The van der Waals surface area contributed by atoms with Gasteiger partial charge in [0.25, 0.3) is 0 Å². The molecule has 0 fully saturated rings. The molecule has 0 aliphatic carbocycles. The predicted octanol–water partition coefficient (Wildman–Crippen LogP) is -0.0916. The van der Waals surface area contributed by atoms with Gasteiger partial charge < -0.3 is 33.7 Å². The molecule has 8 nitrogen and oxygen atoms in total. The first-order chi connectivity index (χ1) is 14.3. The summed E-state index contributed by atoms with van der Waals surface area (Å²) in [4.78, 5) is 26.2. The summed E-state index contributed by atoms with van der Waals surface area (Å²) < 4.78 is 21.2. The number of carbonyl (C=O) groups excluding carboxylic acids is 2. The maximum atomic E-state index is 13.1. The molecule has 160 valence electrons. The average Bonchev–Trinajstić information content (AvgIpc) is 3.17. The van der Waals surface area contributed by atoms with Crippen molar-refractivity contribution in [1.82, 2.24) is 0 Å². The zero-order valence-corrected chi connectivity index (χ0v) is 17.5. The van der Waals surface area contributed by atoms with E-state index in [0.29, 0.717) is 11.5 Å². The number of carboxylic acid groups (broad SMARTS) is 1. The largest absolute Gasteiger partial charge is 0.545 e. The third-order valence-electron chi connectivity index (χ3n) is 4.99. The molecule has 3 rings (SSSR count). The first-order valence-corrected chi connectivity index (χ1v) is 9.55. The number of hydrogen-bond donors (Lipinski definition) is 1. The smallest absolute Gasteiger partial charge is 0.231 e. The molecule has 8 heteroatoms. The third-order valence-corrected chi connectivity index (χ3v) is 4.99. The Hall–Kier alpha value is -3.26. The molecule has 0 spiro atoms. The fourth-order valence-corrected chi connectivity index (χ4v) is 3.44. The van der Waals surface area contributed by atoms with Gasteiger partial charge in [0, 0.05) is 18.4 Å². The van der Waals surface area contributed by atoms with Crippen molar-refractivity contribution in [3.05, 3.63) is 46.5 Å². The highest BCUT2D eigenvalue weighted by Gasteiger charge is 2.23. The van der Waals surface area contributed by atoms with E-state index in [1.807, 2.05) is 20.2 Å². The molecule has 1 aliphatic heterocycles. The lowest BCUT2D eigenvalue weighted by atomic mass is 9.93. The van der Waals surface area contributed by atoms with Crippen LogP contribution in [0.1, 0.15) is 31.8 Å². The van der Waals surface area contributed by atoms with Crippen molar-refractivity contribution in [3.63, 3.8) is 0 Å². The summed E-state index contributed by atoms with van der Waals surface area (Å²) in [6.45, 7) is 0.997. The van der Waals surface area contributed by atoms with Crippen LogP contribution in [0.15, 0.2) is 24.3 Å². The fourth-order valence-electron chi connectivity index (χ4n) is 3.44. The van der Waals surface area contributed by atoms with Crippen LogP contribution in [-0.2, 0) is 12.8 Å². The van der Waals surface area contributed by atoms with Gasteiger partial charge >= 0.3 is 0 Å². The lowest BCUT2D eigenvalue weighted by Gasteiger charge is -2.18. The molecule has 1 aliphatic rings. The van der Waals surface area contributed by atoms with Crippen LogP contribution in [0, 0.1) is 0 Å². The average molecular weight is 415 g/mol. The van der Waals surface area contributed by atoms with Gasteiger partial charge in [-0.15, -0.1) is 0 Å². The Bertz CT molecular complexity index is 968. The molecule has 0 aromatic heterocycles. The van der Waals surface area contributed by atoms with Gasteiger partial charge in [0.2, 0.25) is 6.79 Å². The first kappa shape index (κ1) is 21.4. The van der Waals surface area contributed by atoms with Crippen LogP contribution < -0.4 is 29.0 Å². The highest BCUT2D eigenvalue weighted by molar-refractivity contribution is 6.08. The van der Waals surface area contributed by atoms with Crippen molar-refractivity contribution >= 4 is 11.8 Å². The topological polar surface area (TPSA) is 98.6 Å². The zero-order chi connectivity index (χ0) is 21.8. The number of aromatic carboxylic acids is 1. The molecule has 0 radical (unpaired) electrons. The summed E-state index contributed by atoms with van der Waals surface area (Å²) in [5.74, 6) is -0.470. The predicted molar refractivity (Wildman–Crippen MR) is 106 cm³/mol. The van der Waals surface area contributed by atoms with Gasteiger partial charge in [-0.3, -0.25) is 4.79 Å². The van der Waals surface area contributed by atoms with E-state index in [9.17, 15) is 14.7 Å². The Balaban J connectivity index is 1.99. The van der Waals surface area contributed by atoms with Crippen LogP contribution >= 0.6 is 0 Å². The van der Waals surface area contributed by atoms with E-state index >= 15 is 0 Å². The van der Waals surface area contributed by atoms with Crippen molar-refractivity contribution in [2.75, 3.05) is 41.7 Å². The quantitative estimate of drug-likeness (QED) is 0.572. The van der Waals surface area contributed by atoms with E-state index in [2.05, 4.69) is 0 Å². The summed E-state index contributed by atoms with van der Waals surface area (Å²) in [5, 5.41) is 11.8. The van der Waals surface area contributed by atoms with E-state index in [1.165, 1.54) is 31.3 Å². The number of hydrogen-bond acceptors (Lipinski definition) is 7. The lowest BCUT2D eigenvalue weighted by molar-refractivity contribution is -0.858. The molecule has 2 aromatic rings. The molecule has 0 unspecified atom stereocenters. The Morgan fingerprint density at radius 2 is 1.73 bits per heavy atom. The molecule has 0 bridgehead atoms. The molecule has 0 amide bonds. The monoisotopic (exact) mass is 415 g/mol. The second-order valence-corrected chi connectivity index (χ2v) is 7.29. The normalized spacial score (nSPS) is 12.2. The molecule has 30 heavy (non-hydrogen) atoms. The molecule has 0 atom stereocenters. The van der Waals surface area contributed by atoms with E-state index in [1.54, 1.807) is 6.07 Å². The number of Topliss-reactive ketones (excluding diaryl/α,β-unsaturated/α-hetero) is 1. The maximum absolute atomic E-state index is 13.1. The minimum absolute atomic E-state index is 0.00446. The number of nitrogens with one attached hydrogen (secondary N) is 1. The first-order valence-electron chi connectivity index (χ1n) is 9.55. The van der Waals surface area contributed by atoms with Crippen molar-refractivity contribution in [2.24, 2.45) is 0 Å². The molecular weight excluding hydrogens is 390 g/mol. The van der Waals surface area contributed by atoms with Crippen molar-refractivity contribution in [3.8, 4) is 23.0 Å². The number of rotatable bonds is 9. The van der Waals surface area contributed by atoms with Gasteiger partial charge in [0.1, 0.15) is 0 Å². The van der Waals surface area contributed by atoms with Crippen LogP contribution in [0.5, 0.6) is 23.0 Å². The van der Waals surface area contributed by atoms with Crippen molar-refractivity contribution in [1.29, 1.82) is 0 Å². The highest BCUT2D eigenvalue weighted by Crippen LogP contribution is 2.37. The minimum Gasteiger partial charge on any atom is -0.545 e. The van der Waals surface area contributed by atoms with Gasteiger partial charge in [-0.1, -0.05) is 0 Å². The van der Waals surface area contributed by atoms with Gasteiger partial charge in [-0.05, 0) is 35.4 Å².